The molecule has 0 spiro atoms. The van der Waals surface area contributed by atoms with Gasteiger partial charge in [-0.15, -0.1) is 0 Å². The fraction of sp³-hybridized carbons (Fsp3) is 0.632. The van der Waals surface area contributed by atoms with Crippen LogP contribution < -0.4 is 4.90 Å². The predicted octanol–water partition coefficient (Wildman–Crippen LogP) is 3.70. The number of nitro benzene ring substituents is 1. The molecule has 2 heterocycles. The van der Waals surface area contributed by atoms with Gasteiger partial charge in [0, 0.05) is 37.8 Å². The highest BCUT2D eigenvalue weighted by atomic mass is 16.6. The quantitative estimate of drug-likeness (QED) is 0.619. The van der Waals surface area contributed by atoms with Crippen LogP contribution in [-0.4, -0.2) is 41.9 Å². The lowest BCUT2D eigenvalue weighted by molar-refractivity contribution is -0.384. The topological polar surface area (TPSA) is 66.7 Å². The summed E-state index contributed by atoms with van der Waals surface area (Å²) in [6.45, 7) is 7.51. The Morgan fingerprint density at radius 3 is 2.48 bits per heavy atom. The van der Waals surface area contributed by atoms with E-state index in [1.54, 1.807) is 12.1 Å². The van der Waals surface area contributed by atoms with Gasteiger partial charge in [0.15, 0.2) is 0 Å². The highest BCUT2D eigenvalue weighted by Crippen LogP contribution is 2.33. The number of hydrogen-bond acceptors (Lipinski definition) is 4. The number of benzene rings is 1. The van der Waals surface area contributed by atoms with Gasteiger partial charge in [-0.2, -0.15) is 0 Å². The van der Waals surface area contributed by atoms with Gasteiger partial charge in [0.1, 0.15) is 5.69 Å². The van der Waals surface area contributed by atoms with Crippen LogP contribution in [0.3, 0.4) is 0 Å². The number of amides is 1. The third-order valence-electron chi connectivity index (χ3n) is 5.49. The molecule has 1 atom stereocenters. The number of hydrogen-bond donors (Lipinski definition) is 0. The Balaban J connectivity index is 1.83. The van der Waals surface area contributed by atoms with Crippen molar-refractivity contribution in [2.75, 3.05) is 31.1 Å². The Morgan fingerprint density at radius 2 is 1.84 bits per heavy atom. The predicted molar refractivity (Wildman–Crippen MR) is 98.0 cm³/mol. The van der Waals surface area contributed by atoms with Crippen molar-refractivity contribution in [1.82, 2.24) is 4.90 Å². The lowest BCUT2D eigenvalue weighted by atomic mass is 9.98. The largest absolute Gasteiger partial charge is 0.366 e. The highest BCUT2D eigenvalue weighted by Gasteiger charge is 2.27. The summed E-state index contributed by atoms with van der Waals surface area (Å²) in [5, 5.41) is 11.6. The lowest BCUT2D eigenvalue weighted by Crippen LogP contribution is -2.38. The molecule has 1 unspecified atom stereocenters. The first-order valence-electron chi connectivity index (χ1n) is 9.28. The zero-order valence-corrected chi connectivity index (χ0v) is 15.1. The summed E-state index contributed by atoms with van der Waals surface area (Å²) in [6, 6.07) is 4.98. The van der Waals surface area contributed by atoms with E-state index in [-0.39, 0.29) is 16.5 Å². The van der Waals surface area contributed by atoms with Crippen LogP contribution in [0.15, 0.2) is 18.2 Å². The molecule has 0 aromatic heterocycles. The molecule has 2 fully saturated rings. The molecule has 2 aliphatic rings. The Bertz CT molecular complexity index is 653. The fourth-order valence-corrected chi connectivity index (χ4v) is 3.87. The Labute approximate surface area is 148 Å². The van der Waals surface area contributed by atoms with Gasteiger partial charge in [0.2, 0.25) is 0 Å². The van der Waals surface area contributed by atoms with Crippen molar-refractivity contribution < 1.29 is 9.72 Å². The van der Waals surface area contributed by atoms with Crippen LogP contribution in [0.2, 0.25) is 0 Å². The number of anilines is 1. The van der Waals surface area contributed by atoms with E-state index < -0.39 is 0 Å². The molecule has 0 saturated carbocycles. The second-order valence-corrected chi connectivity index (χ2v) is 7.63. The number of carbonyl (C=O) groups is 1. The van der Waals surface area contributed by atoms with Crippen molar-refractivity contribution in [3.05, 3.63) is 33.9 Å². The molecule has 0 N–H and O–H groups in total. The van der Waals surface area contributed by atoms with Gasteiger partial charge < -0.3 is 9.80 Å². The van der Waals surface area contributed by atoms with Crippen molar-refractivity contribution in [1.29, 1.82) is 0 Å². The van der Waals surface area contributed by atoms with Crippen molar-refractivity contribution >= 4 is 17.3 Å². The van der Waals surface area contributed by atoms with Crippen LogP contribution in [0.1, 0.15) is 49.9 Å². The van der Waals surface area contributed by atoms with Crippen molar-refractivity contribution in [3.8, 4) is 0 Å². The van der Waals surface area contributed by atoms with E-state index in [2.05, 4.69) is 18.7 Å². The first kappa shape index (κ1) is 17.7. The van der Waals surface area contributed by atoms with Gasteiger partial charge in [-0.25, -0.2) is 0 Å². The number of carbonyl (C=O) groups excluding carboxylic acids is 1. The molecule has 0 radical (unpaired) electrons. The first-order valence-corrected chi connectivity index (χ1v) is 9.28. The van der Waals surface area contributed by atoms with Gasteiger partial charge in [-0.3, -0.25) is 14.9 Å². The minimum absolute atomic E-state index is 0.0466. The van der Waals surface area contributed by atoms with Crippen molar-refractivity contribution in [3.63, 3.8) is 0 Å². The smallest absolute Gasteiger partial charge is 0.293 e. The van der Waals surface area contributed by atoms with E-state index in [1.165, 1.54) is 6.07 Å². The van der Waals surface area contributed by atoms with Crippen LogP contribution >= 0.6 is 0 Å². The normalized spacial score (nSPS) is 22.1. The average Bonchev–Trinajstić information content (AvgIpc) is 2.61. The van der Waals surface area contributed by atoms with Crippen molar-refractivity contribution in [2.45, 2.75) is 39.5 Å². The molecule has 25 heavy (non-hydrogen) atoms. The lowest BCUT2D eigenvalue weighted by Gasteiger charge is -2.33. The Hall–Kier alpha value is -2.11. The van der Waals surface area contributed by atoms with E-state index in [4.69, 9.17) is 0 Å². The van der Waals surface area contributed by atoms with Crippen molar-refractivity contribution in [2.24, 2.45) is 11.8 Å². The maximum atomic E-state index is 12.7. The zero-order valence-electron chi connectivity index (χ0n) is 15.1. The van der Waals surface area contributed by atoms with E-state index in [1.807, 2.05) is 4.90 Å². The third kappa shape index (κ3) is 3.94. The fourth-order valence-electron chi connectivity index (χ4n) is 3.87. The van der Waals surface area contributed by atoms with E-state index >= 15 is 0 Å². The highest BCUT2D eigenvalue weighted by molar-refractivity contribution is 5.95. The van der Waals surface area contributed by atoms with E-state index in [9.17, 15) is 14.9 Å². The summed E-state index contributed by atoms with van der Waals surface area (Å²) in [5.41, 5.74) is 1.11. The molecule has 1 amide bonds. The van der Waals surface area contributed by atoms with Gasteiger partial charge in [0.25, 0.3) is 11.6 Å². The molecule has 136 valence electrons. The van der Waals surface area contributed by atoms with Crippen LogP contribution in [0.25, 0.3) is 0 Å². The van der Waals surface area contributed by atoms with Gasteiger partial charge in [-0.05, 0) is 49.7 Å². The summed E-state index contributed by atoms with van der Waals surface area (Å²) < 4.78 is 0. The number of rotatable bonds is 3. The van der Waals surface area contributed by atoms with Crippen LogP contribution in [0.4, 0.5) is 11.4 Å². The van der Waals surface area contributed by atoms with Gasteiger partial charge >= 0.3 is 0 Å². The third-order valence-corrected chi connectivity index (χ3v) is 5.49. The van der Waals surface area contributed by atoms with Crippen LogP contribution in [0.5, 0.6) is 0 Å². The number of piperidine rings is 2. The molecule has 1 aromatic rings. The Morgan fingerprint density at radius 1 is 1.12 bits per heavy atom. The van der Waals surface area contributed by atoms with E-state index in [0.29, 0.717) is 23.1 Å². The van der Waals surface area contributed by atoms with Crippen LogP contribution in [-0.2, 0) is 0 Å². The maximum Gasteiger partial charge on any atom is 0.293 e. The zero-order chi connectivity index (χ0) is 18.0. The molecular formula is C19H27N3O3. The molecule has 0 aliphatic carbocycles. The maximum absolute atomic E-state index is 12.7. The molecule has 2 aliphatic heterocycles. The number of likely N-dealkylation sites (tertiary alicyclic amines) is 1. The second-order valence-electron chi connectivity index (χ2n) is 7.63. The monoisotopic (exact) mass is 345 g/mol. The molecule has 0 bridgehead atoms. The van der Waals surface area contributed by atoms with Crippen LogP contribution in [0, 0.1) is 22.0 Å². The molecular weight excluding hydrogens is 318 g/mol. The summed E-state index contributed by atoms with van der Waals surface area (Å²) in [4.78, 5) is 27.9. The summed E-state index contributed by atoms with van der Waals surface area (Å²) in [7, 11) is 0. The summed E-state index contributed by atoms with van der Waals surface area (Å²) >= 11 is 0. The number of nitrogens with zero attached hydrogens (tertiary/aromatic N) is 3. The Kier molecular flexibility index (Phi) is 5.25. The molecule has 2 saturated heterocycles. The average molecular weight is 345 g/mol. The molecule has 6 heteroatoms. The van der Waals surface area contributed by atoms with E-state index in [0.717, 1.165) is 51.9 Å². The second kappa shape index (κ2) is 7.42. The van der Waals surface area contributed by atoms with Gasteiger partial charge in [0.05, 0.1) is 4.92 Å². The standard InChI is InChI=1S/C19H27N3O3/c1-14-7-10-20(11-8-14)19(23)16-5-6-17(18(12-16)22(24)25)21-9-3-4-15(2)13-21/h5-6,12,14-15H,3-4,7-11,13H2,1-2H3. The molecule has 3 rings (SSSR count). The summed E-state index contributed by atoms with van der Waals surface area (Å²) in [5.74, 6) is 1.08. The first-order chi connectivity index (χ1) is 12.0. The minimum atomic E-state index is -0.357. The van der Waals surface area contributed by atoms with Gasteiger partial charge in [-0.1, -0.05) is 13.8 Å². The number of nitro groups is 1. The minimum Gasteiger partial charge on any atom is -0.366 e. The summed E-state index contributed by atoms with van der Waals surface area (Å²) in [6.07, 6.45) is 4.20. The molecule has 6 nitrogen and oxygen atoms in total. The molecule has 1 aromatic carbocycles. The SMILES string of the molecule is CC1CCN(C(=O)c2ccc(N3CCCC(C)C3)c([N+](=O)[O-])c2)CC1.